The summed E-state index contributed by atoms with van der Waals surface area (Å²) in [5, 5.41) is 0.940. The van der Waals surface area contributed by atoms with Crippen LogP contribution in [0.25, 0.3) is 10.9 Å². The van der Waals surface area contributed by atoms with E-state index < -0.39 is 0 Å². The molecule has 0 N–H and O–H groups in total. The minimum Gasteiger partial charge on any atom is -0.424 e. The maximum Gasteiger partial charge on any atom is 0.322 e. The van der Waals surface area contributed by atoms with Crippen molar-refractivity contribution in [1.82, 2.24) is 15.0 Å². The quantitative estimate of drug-likeness (QED) is 0.528. The minimum absolute atomic E-state index is 0.324. The summed E-state index contributed by atoms with van der Waals surface area (Å²) in [7, 11) is 0. The van der Waals surface area contributed by atoms with E-state index in [0.717, 1.165) is 29.6 Å². The van der Waals surface area contributed by atoms with Gasteiger partial charge in [0.05, 0.1) is 11.7 Å². The Morgan fingerprint density at radius 2 is 1.89 bits per heavy atom. The van der Waals surface area contributed by atoms with Crippen LogP contribution in [0.15, 0.2) is 67.1 Å². The highest BCUT2D eigenvalue weighted by Crippen LogP contribution is 2.35. The van der Waals surface area contributed by atoms with E-state index in [1.54, 1.807) is 18.6 Å². The summed E-state index contributed by atoms with van der Waals surface area (Å²) in [5.74, 6) is 0.713. The van der Waals surface area contributed by atoms with Gasteiger partial charge in [-0.2, -0.15) is 4.98 Å². The molecule has 0 fully saturated rings. The van der Waals surface area contributed by atoms with E-state index in [1.807, 2.05) is 18.2 Å². The fourth-order valence-electron chi connectivity index (χ4n) is 3.50. The van der Waals surface area contributed by atoms with Crippen molar-refractivity contribution in [2.45, 2.75) is 13.3 Å². The van der Waals surface area contributed by atoms with E-state index in [2.05, 4.69) is 57.1 Å². The predicted molar refractivity (Wildman–Crippen MR) is 106 cm³/mol. The van der Waals surface area contributed by atoms with E-state index in [4.69, 9.17) is 4.74 Å². The molecule has 0 radical (unpaired) electrons. The summed E-state index contributed by atoms with van der Waals surface area (Å²) < 4.78 is 5.82. The predicted octanol–water partition coefficient (Wildman–Crippen LogP) is 4.82. The van der Waals surface area contributed by atoms with E-state index in [-0.39, 0.29) is 0 Å². The lowest BCUT2D eigenvalue weighted by molar-refractivity contribution is 0.444. The van der Waals surface area contributed by atoms with Crippen molar-refractivity contribution >= 4 is 22.3 Å². The Kier molecular flexibility index (Phi) is 3.71. The molecule has 2 aromatic carbocycles. The third-order valence-corrected chi connectivity index (χ3v) is 4.85. The average Bonchev–Trinajstić information content (AvgIpc) is 3.11. The van der Waals surface area contributed by atoms with Crippen molar-refractivity contribution in [3.8, 4) is 11.8 Å². The van der Waals surface area contributed by atoms with Gasteiger partial charge in [0.1, 0.15) is 5.75 Å². The van der Waals surface area contributed by atoms with Crippen molar-refractivity contribution in [3.05, 3.63) is 78.2 Å². The Hall–Kier alpha value is -3.47. The summed E-state index contributed by atoms with van der Waals surface area (Å²) in [6.07, 6.45) is 6.26. The Balaban J connectivity index is 1.38. The lowest BCUT2D eigenvalue weighted by Gasteiger charge is -2.20. The number of pyridine rings is 1. The van der Waals surface area contributed by atoms with Crippen LogP contribution in [-0.4, -0.2) is 21.5 Å². The molecule has 0 unspecified atom stereocenters. The molecular formula is C22H18N4O. The highest BCUT2D eigenvalue weighted by molar-refractivity contribution is 5.76. The van der Waals surface area contributed by atoms with Gasteiger partial charge in [0.2, 0.25) is 0 Å². The molecule has 1 aliphatic heterocycles. The van der Waals surface area contributed by atoms with Crippen molar-refractivity contribution in [2.24, 2.45) is 0 Å². The molecule has 0 saturated carbocycles. The van der Waals surface area contributed by atoms with Gasteiger partial charge >= 0.3 is 6.01 Å². The van der Waals surface area contributed by atoms with Crippen LogP contribution >= 0.6 is 0 Å². The molecule has 5 rings (SSSR count). The first-order chi connectivity index (χ1) is 13.3. The number of aryl methyl sites for hydroxylation is 1. The van der Waals surface area contributed by atoms with Crippen molar-refractivity contribution in [2.75, 3.05) is 11.4 Å². The molecule has 0 spiro atoms. The van der Waals surface area contributed by atoms with Gasteiger partial charge in [-0.15, -0.1) is 0 Å². The number of anilines is 2. The summed E-state index contributed by atoms with van der Waals surface area (Å²) in [5.41, 5.74) is 5.94. The standard InChI is InChI=1S/C22H18N4O/c1-15-2-7-21-16(12-15)9-11-26(21)18-3-5-19(6-4-18)27-22-24-13-17-8-10-23-14-20(17)25-22/h2-8,10,12-14H,9,11H2,1H3. The average molecular weight is 354 g/mol. The number of benzene rings is 2. The largest absolute Gasteiger partial charge is 0.424 e. The number of hydrogen-bond donors (Lipinski definition) is 0. The highest BCUT2D eigenvalue weighted by atomic mass is 16.5. The Morgan fingerprint density at radius 1 is 1.00 bits per heavy atom. The van der Waals surface area contributed by atoms with Crippen molar-refractivity contribution in [1.29, 1.82) is 0 Å². The number of nitrogens with zero attached hydrogens (tertiary/aromatic N) is 4. The molecule has 5 nitrogen and oxygen atoms in total. The summed E-state index contributed by atoms with van der Waals surface area (Å²) in [6, 6.07) is 16.9. The number of hydrogen-bond acceptors (Lipinski definition) is 5. The monoisotopic (exact) mass is 354 g/mol. The topological polar surface area (TPSA) is 51.1 Å². The molecule has 2 aromatic heterocycles. The number of aromatic nitrogens is 3. The van der Waals surface area contributed by atoms with E-state index >= 15 is 0 Å². The van der Waals surface area contributed by atoms with Gasteiger partial charge < -0.3 is 9.64 Å². The first kappa shape index (κ1) is 15.8. The van der Waals surface area contributed by atoms with Crippen LogP contribution in [0.1, 0.15) is 11.1 Å². The van der Waals surface area contributed by atoms with Crippen molar-refractivity contribution < 1.29 is 4.74 Å². The Morgan fingerprint density at radius 3 is 2.78 bits per heavy atom. The summed E-state index contributed by atoms with van der Waals surface area (Å²) in [4.78, 5) is 15.1. The first-order valence-corrected chi connectivity index (χ1v) is 8.98. The van der Waals surface area contributed by atoms with Crippen molar-refractivity contribution in [3.63, 3.8) is 0 Å². The fraction of sp³-hybridized carbons (Fsp3) is 0.136. The zero-order valence-corrected chi connectivity index (χ0v) is 15.0. The first-order valence-electron chi connectivity index (χ1n) is 8.98. The molecular weight excluding hydrogens is 336 g/mol. The third kappa shape index (κ3) is 2.97. The molecule has 5 heteroatoms. The molecule has 0 bridgehead atoms. The highest BCUT2D eigenvalue weighted by Gasteiger charge is 2.20. The van der Waals surface area contributed by atoms with Crippen LogP contribution in [0.3, 0.4) is 0 Å². The van der Waals surface area contributed by atoms with Gasteiger partial charge in [-0.25, -0.2) is 4.98 Å². The molecule has 0 atom stereocenters. The minimum atomic E-state index is 0.324. The van der Waals surface area contributed by atoms with Gasteiger partial charge in [0, 0.05) is 35.7 Å². The molecule has 0 amide bonds. The molecule has 0 aliphatic carbocycles. The second-order valence-corrected chi connectivity index (χ2v) is 6.72. The van der Waals surface area contributed by atoms with Crippen LogP contribution in [0.2, 0.25) is 0 Å². The number of fused-ring (bicyclic) bond motifs is 2. The van der Waals surface area contributed by atoms with E-state index in [0.29, 0.717) is 11.8 Å². The zero-order valence-electron chi connectivity index (χ0n) is 15.0. The Bertz CT molecular complexity index is 1120. The van der Waals surface area contributed by atoms with Gasteiger partial charge in [-0.05, 0) is 55.3 Å². The van der Waals surface area contributed by atoms with E-state index in [1.165, 1.54) is 16.8 Å². The lowest BCUT2D eigenvalue weighted by atomic mass is 10.1. The Labute approximate surface area is 157 Å². The molecule has 4 aromatic rings. The van der Waals surface area contributed by atoms with Crippen LogP contribution in [0, 0.1) is 6.92 Å². The maximum absolute atomic E-state index is 5.82. The smallest absolute Gasteiger partial charge is 0.322 e. The third-order valence-electron chi connectivity index (χ3n) is 4.85. The second kappa shape index (κ2) is 6.36. The number of rotatable bonds is 3. The molecule has 1 aliphatic rings. The van der Waals surface area contributed by atoms with Crippen LogP contribution in [0.5, 0.6) is 11.8 Å². The van der Waals surface area contributed by atoms with Crippen LogP contribution in [0.4, 0.5) is 11.4 Å². The van der Waals surface area contributed by atoms with Gasteiger partial charge in [0.25, 0.3) is 0 Å². The molecule has 27 heavy (non-hydrogen) atoms. The van der Waals surface area contributed by atoms with Gasteiger partial charge in [0.15, 0.2) is 0 Å². The fourth-order valence-corrected chi connectivity index (χ4v) is 3.50. The summed E-state index contributed by atoms with van der Waals surface area (Å²) >= 11 is 0. The number of ether oxygens (including phenoxy) is 1. The van der Waals surface area contributed by atoms with Gasteiger partial charge in [-0.1, -0.05) is 17.7 Å². The van der Waals surface area contributed by atoms with E-state index in [9.17, 15) is 0 Å². The summed E-state index contributed by atoms with van der Waals surface area (Å²) in [6.45, 7) is 3.14. The SMILES string of the molecule is Cc1ccc2c(c1)CCN2c1ccc(Oc2ncc3ccncc3n2)cc1. The van der Waals surface area contributed by atoms with Gasteiger partial charge in [-0.3, -0.25) is 4.98 Å². The zero-order chi connectivity index (χ0) is 18.2. The molecule has 3 heterocycles. The van der Waals surface area contributed by atoms with Crippen LogP contribution in [-0.2, 0) is 6.42 Å². The molecule has 132 valence electrons. The maximum atomic E-state index is 5.82. The normalized spacial score (nSPS) is 13.0. The molecule has 0 saturated heterocycles. The van der Waals surface area contributed by atoms with Crippen LogP contribution < -0.4 is 9.64 Å². The lowest BCUT2D eigenvalue weighted by Crippen LogP contribution is -2.12. The second-order valence-electron chi connectivity index (χ2n) is 6.72.